The first-order valence-corrected chi connectivity index (χ1v) is 5.28. The van der Waals surface area contributed by atoms with E-state index in [2.05, 4.69) is 13.8 Å². The lowest BCUT2D eigenvalue weighted by Crippen LogP contribution is -2.22. The van der Waals surface area contributed by atoms with Crippen LogP contribution in [-0.4, -0.2) is 29.2 Å². The summed E-state index contributed by atoms with van der Waals surface area (Å²) in [6, 6.07) is 0. The van der Waals surface area contributed by atoms with Crippen LogP contribution in [0, 0.1) is 5.92 Å². The van der Waals surface area contributed by atoms with Gasteiger partial charge in [-0.05, 0) is 26.2 Å². The molecule has 0 unspecified atom stereocenters. The molecule has 0 spiro atoms. The molecule has 3 nitrogen and oxygen atoms in total. The molecule has 14 heavy (non-hydrogen) atoms. The quantitative estimate of drug-likeness (QED) is 0.623. The van der Waals surface area contributed by atoms with Crippen LogP contribution in [0.1, 0.15) is 46.5 Å². The summed E-state index contributed by atoms with van der Waals surface area (Å²) >= 11 is 0. The molecule has 0 aliphatic heterocycles. The van der Waals surface area contributed by atoms with Gasteiger partial charge in [-0.1, -0.05) is 19.8 Å². The summed E-state index contributed by atoms with van der Waals surface area (Å²) in [6.07, 6.45) is 2.39. The maximum absolute atomic E-state index is 8.76. The van der Waals surface area contributed by atoms with Crippen molar-refractivity contribution in [1.82, 2.24) is 0 Å². The van der Waals surface area contributed by atoms with E-state index in [9.17, 15) is 0 Å². The molecule has 2 N–H and O–H groups in total. The van der Waals surface area contributed by atoms with E-state index in [1.165, 1.54) is 0 Å². The standard InChI is InChI=1S/C11H24O3/c1-9(8-10(12)13)6-5-7-11(2,3)14-4/h9-10,12-13H,5-8H2,1-4H3/t9-/m0/s1. The summed E-state index contributed by atoms with van der Waals surface area (Å²) in [7, 11) is 1.72. The van der Waals surface area contributed by atoms with Gasteiger partial charge in [0.2, 0.25) is 0 Å². The van der Waals surface area contributed by atoms with Gasteiger partial charge in [-0.25, -0.2) is 0 Å². The van der Waals surface area contributed by atoms with E-state index in [0.29, 0.717) is 12.3 Å². The Hall–Kier alpha value is -0.120. The fraction of sp³-hybridized carbons (Fsp3) is 1.00. The molecule has 0 radical (unpaired) electrons. The molecule has 3 heteroatoms. The molecule has 0 aromatic carbocycles. The molecule has 0 rings (SSSR count). The lowest BCUT2D eigenvalue weighted by atomic mass is 9.95. The van der Waals surface area contributed by atoms with Crippen LogP contribution in [-0.2, 0) is 4.74 Å². The van der Waals surface area contributed by atoms with Crippen molar-refractivity contribution in [2.75, 3.05) is 7.11 Å². The van der Waals surface area contributed by atoms with Crippen molar-refractivity contribution in [2.45, 2.75) is 58.3 Å². The minimum Gasteiger partial charge on any atom is -0.379 e. The molecule has 0 aliphatic rings. The average Bonchev–Trinajstić information content (AvgIpc) is 2.02. The number of hydrogen-bond acceptors (Lipinski definition) is 3. The molecule has 0 aliphatic carbocycles. The molecule has 86 valence electrons. The number of methoxy groups -OCH3 is 1. The van der Waals surface area contributed by atoms with Gasteiger partial charge in [-0.3, -0.25) is 0 Å². The van der Waals surface area contributed by atoms with E-state index >= 15 is 0 Å². The van der Waals surface area contributed by atoms with E-state index in [4.69, 9.17) is 14.9 Å². The van der Waals surface area contributed by atoms with Crippen molar-refractivity contribution in [2.24, 2.45) is 5.92 Å². The van der Waals surface area contributed by atoms with Crippen molar-refractivity contribution in [3.63, 3.8) is 0 Å². The highest BCUT2D eigenvalue weighted by atomic mass is 16.5. The highest BCUT2D eigenvalue weighted by Gasteiger charge is 2.16. The minimum atomic E-state index is -1.17. The Kier molecular flexibility index (Phi) is 6.33. The van der Waals surface area contributed by atoms with Gasteiger partial charge < -0.3 is 14.9 Å². The van der Waals surface area contributed by atoms with Gasteiger partial charge in [0.1, 0.15) is 0 Å². The average molecular weight is 204 g/mol. The van der Waals surface area contributed by atoms with Crippen LogP contribution in [0.5, 0.6) is 0 Å². The Bertz CT molecular complexity index is 143. The number of ether oxygens (including phenoxy) is 1. The molecule has 0 fully saturated rings. The second-order valence-corrected chi connectivity index (χ2v) is 4.68. The second kappa shape index (κ2) is 6.38. The van der Waals surface area contributed by atoms with E-state index in [1.807, 2.05) is 6.92 Å². The third kappa shape index (κ3) is 7.30. The predicted molar refractivity (Wildman–Crippen MR) is 56.9 cm³/mol. The number of rotatable bonds is 7. The molecule has 0 aromatic rings. The molecule has 1 atom stereocenters. The molecular weight excluding hydrogens is 180 g/mol. The molecular formula is C11H24O3. The highest BCUT2D eigenvalue weighted by molar-refractivity contribution is 4.68. The van der Waals surface area contributed by atoms with Gasteiger partial charge >= 0.3 is 0 Å². The lowest BCUT2D eigenvalue weighted by molar-refractivity contribution is -0.0557. The van der Waals surface area contributed by atoms with Gasteiger partial charge in [0.25, 0.3) is 0 Å². The first-order valence-electron chi connectivity index (χ1n) is 5.28. The second-order valence-electron chi connectivity index (χ2n) is 4.68. The Labute approximate surface area is 87.1 Å². The largest absolute Gasteiger partial charge is 0.379 e. The zero-order chi connectivity index (χ0) is 11.2. The van der Waals surface area contributed by atoms with Crippen LogP contribution in [0.25, 0.3) is 0 Å². The molecule has 0 aromatic heterocycles. The minimum absolute atomic E-state index is 0.0580. The van der Waals surface area contributed by atoms with Crippen molar-refractivity contribution < 1.29 is 14.9 Å². The molecule has 0 bridgehead atoms. The predicted octanol–water partition coefficient (Wildman–Crippen LogP) is 1.92. The fourth-order valence-corrected chi connectivity index (χ4v) is 1.46. The maximum Gasteiger partial charge on any atom is 0.151 e. The summed E-state index contributed by atoms with van der Waals surface area (Å²) in [6.45, 7) is 6.18. The van der Waals surface area contributed by atoms with E-state index in [1.54, 1.807) is 7.11 Å². The Morgan fingerprint density at radius 3 is 2.29 bits per heavy atom. The van der Waals surface area contributed by atoms with Gasteiger partial charge in [-0.15, -0.1) is 0 Å². The molecule has 0 saturated carbocycles. The number of hydrogen-bond donors (Lipinski definition) is 2. The first-order chi connectivity index (χ1) is 6.37. The summed E-state index contributed by atoms with van der Waals surface area (Å²) in [4.78, 5) is 0. The molecule has 0 amide bonds. The monoisotopic (exact) mass is 204 g/mol. The van der Waals surface area contributed by atoms with Gasteiger partial charge in [0.15, 0.2) is 6.29 Å². The summed E-state index contributed by atoms with van der Waals surface area (Å²) in [5.41, 5.74) is -0.0580. The van der Waals surface area contributed by atoms with E-state index in [-0.39, 0.29) is 5.60 Å². The molecule has 0 saturated heterocycles. The zero-order valence-corrected chi connectivity index (χ0v) is 9.79. The Morgan fingerprint density at radius 1 is 1.29 bits per heavy atom. The summed E-state index contributed by atoms with van der Waals surface area (Å²) < 4.78 is 5.30. The smallest absolute Gasteiger partial charge is 0.151 e. The number of aliphatic hydroxyl groups excluding tert-OH is 1. The zero-order valence-electron chi connectivity index (χ0n) is 9.79. The van der Waals surface area contributed by atoms with Gasteiger partial charge in [-0.2, -0.15) is 0 Å². The van der Waals surface area contributed by atoms with Crippen LogP contribution in [0.2, 0.25) is 0 Å². The Balaban J connectivity index is 3.53. The topological polar surface area (TPSA) is 49.7 Å². The molecule has 0 heterocycles. The first kappa shape index (κ1) is 13.9. The SMILES string of the molecule is COC(C)(C)CCC[C@H](C)CC(O)O. The maximum atomic E-state index is 8.76. The van der Waals surface area contributed by atoms with E-state index < -0.39 is 6.29 Å². The van der Waals surface area contributed by atoms with Crippen LogP contribution < -0.4 is 0 Å². The third-order valence-corrected chi connectivity index (χ3v) is 2.64. The van der Waals surface area contributed by atoms with Gasteiger partial charge in [0.05, 0.1) is 5.60 Å². The van der Waals surface area contributed by atoms with Crippen LogP contribution in [0.4, 0.5) is 0 Å². The van der Waals surface area contributed by atoms with Crippen LogP contribution in [0.15, 0.2) is 0 Å². The van der Waals surface area contributed by atoms with Crippen LogP contribution in [0.3, 0.4) is 0 Å². The van der Waals surface area contributed by atoms with Crippen LogP contribution >= 0.6 is 0 Å². The Morgan fingerprint density at radius 2 is 1.86 bits per heavy atom. The van der Waals surface area contributed by atoms with Gasteiger partial charge in [0, 0.05) is 13.5 Å². The van der Waals surface area contributed by atoms with Crippen molar-refractivity contribution in [3.05, 3.63) is 0 Å². The van der Waals surface area contributed by atoms with Crippen molar-refractivity contribution in [3.8, 4) is 0 Å². The lowest BCUT2D eigenvalue weighted by Gasteiger charge is -2.23. The van der Waals surface area contributed by atoms with E-state index in [0.717, 1.165) is 19.3 Å². The summed E-state index contributed by atoms with van der Waals surface area (Å²) in [5.74, 6) is 0.364. The number of aliphatic hydroxyl groups is 2. The fourth-order valence-electron chi connectivity index (χ4n) is 1.46. The normalized spacial score (nSPS) is 14.8. The summed E-state index contributed by atoms with van der Waals surface area (Å²) in [5, 5.41) is 17.5. The third-order valence-electron chi connectivity index (χ3n) is 2.64. The highest BCUT2D eigenvalue weighted by Crippen LogP contribution is 2.20. The van der Waals surface area contributed by atoms with Crippen molar-refractivity contribution >= 4 is 0 Å². The van der Waals surface area contributed by atoms with Crippen molar-refractivity contribution in [1.29, 1.82) is 0 Å².